The van der Waals surface area contributed by atoms with E-state index in [1.807, 2.05) is 18.5 Å². The zero-order valence-electron chi connectivity index (χ0n) is 15.4. The Morgan fingerprint density at radius 2 is 2.30 bits per heavy atom. The molecule has 142 valence electrons. The quantitative estimate of drug-likeness (QED) is 0.496. The van der Waals surface area contributed by atoms with Crippen molar-refractivity contribution < 1.29 is 4.79 Å². The number of nitrogens with zero attached hydrogens (tertiary/aromatic N) is 3. The summed E-state index contributed by atoms with van der Waals surface area (Å²) in [5.41, 5.74) is 8.76. The van der Waals surface area contributed by atoms with E-state index >= 15 is 0 Å². The Balaban J connectivity index is 1.47. The minimum atomic E-state index is 0.0627. The first-order valence-electron chi connectivity index (χ1n) is 8.97. The number of hydrogen-bond donors (Lipinski definition) is 1. The van der Waals surface area contributed by atoms with Crippen LogP contribution in [0.2, 0.25) is 0 Å². The zero-order chi connectivity index (χ0) is 19.0. The van der Waals surface area contributed by atoms with E-state index in [1.165, 1.54) is 28.6 Å². The molecule has 1 aliphatic rings. The van der Waals surface area contributed by atoms with Crippen LogP contribution in [-0.2, 0) is 24.2 Å². The molecule has 3 aromatic rings. The van der Waals surface area contributed by atoms with Crippen LogP contribution in [0.25, 0.3) is 10.2 Å². The van der Waals surface area contributed by atoms with Crippen LogP contribution in [0, 0.1) is 5.92 Å². The molecule has 8 heteroatoms. The number of rotatable bonds is 5. The Labute approximate surface area is 171 Å². The van der Waals surface area contributed by atoms with Gasteiger partial charge in [0.1, 0.15) is 10.6 Å². The third-order valence-electron chi connectivity index (χ3n) is 4.91. The molecule has 1 aliphatic carbocycles. The highest BCUT2D eigenvalue weighted by molar-refractivity contribution is 7.99. The summed E-state index contributed by atoms with van der Waals surface area (Å²) in [6, 6.07) is 2.04. The van der Waals surface area contributed by atoms with E-state index in [1.54, 1.807) is 27.6 Å². The molecule has 4 rings (SSSR count). The molecule has 0 saturated carbocycles. The maximum Gasteiger partial charge on any atom is 0.233 e. The number of aromatic nitrogens is 2. The van der Waals surface area contributed by atoms with Crippen molar-refractivity contribution in [2.45, 2.75) is 37.9 Å². The van der Waals surface area contributed by atoms with E-state index in [0.717, 1.165) is 28.6 Å². The van der Waals surface area contributed by atoms with Crippen molar-refractivity contribution in [1.82, 2.24) is 14.9 Å². The highest BCUT2D eigenvalue weighted by Crippen LogP contribution is 2.39. The third-order valence-corrected chi connectivity index (χ3v) is 7.63. The summed E-state index contributed by atoms with van der Waals surface area (Å²) >= 11 is 4.74. The lowest BCUT2D eigenvalue weighted by Crippen LogP contribution is -2.27. The number of amides is 1. The van der Waals surface area contributed by atoms with Crippen molar-refractivity contribution >= 4 is 56.4 Å². The van der Waals surface area contributed by atoms with E-state index in [4.69, 9.17) is 10.7 Å². The molecule has 0 saturated heterocycles. The predicted octanol–water partition coefficient (Wildman–Crippen LogP) is 4.21. The fraction of sp³-hybridized carbons (Fsp3) is 0.421. The summed E-state index contributed by atoms with van der Waals surface area (Å²) in [7, 11) is 1.83. The Morgan fingerprint density at radius 3 is 3.07 bits per heavy atom. The SMILES string of the molecule is CC1CCc2c(sc3nc(SCC(=O)N(C)Cc4ccsc4)nc(N)c23)C1. The molecule has 0 spiro atoms. The monoisotopic (exact) mass is 418 g/mol. The Bertz CT molecular complexity index is 967. The molecular weight excluding hydrogens is 396 g/mol. The molecular formula is C19H22N4OS3. The van der Waals surface area contributed by atoms with Crippen molar-refractivity contribution in [3.63, 3.8) is 0 Å². The highest BCUT2D eigenvalue weighted by atomic mass is 32.2. The largest absolute Gasteiger partial charge is 0.383 e. The van der Waals surface area contributed by atoms with Crippen molar-refractivity contribution in [2.75, 3.05) is 18.5 Å². The van der Waals surface area contributed by atoms with Crippen LogP contribution < -0.4 is 5.73 Å². The summed E-state index contributed by atoms with van der Waals surface area (Å²) in [5, 5.41) is 5.71. The predicted molar refractivity (Wildman–Crippen MR) is 115 cm³/mol. The van der Waals surface area contributed by atoms with Gasteiger partial charge in [-0.05, 0) is 53.1 Å². The molecule has 0 aliphatic heterocycles. The number of fused-ring (bicyclic) bond motifs is 3. The van der Waals surface area contributed by atoms with Crippen molar-refractivity contribution in [3.05, 3.63) is 32.8 Å². The summed E-state index contributed by atoms with van der Waals surface area (Å²) in [4.78, 5) is 25.7. The molecule has 1 unspecified atom stereocenters. The van der Waals surface area contributed by atoms with Gasteiger partial charge in [-0.3, -0.25) is 4.79 Å². The van der Waals surface area contributed by atoms with Gasteiger partial charge in [-0.25, -0.2) is 9.97 Å². The van der Waals surface area contributed by atoms with Crippen LogP contribution in [0.4, 0.5) is 5.82 Å². The number of thioether (sulfide) groups is 1. The summed E-state index contributed by atoms with van der Waals surface area (Å²) in [5.74, 6) is 1.64. The number of carbonyl (C=O) groups excluding carboxylic acids is 1. The average Bonchev–Trinajstić information content (AvgIpc) is 3.26. The van der Waals surface area contributed by atoms with Crippen LogP contribution in [0.3, 0.4) is 0 Å². The Morgan fingerprint density at radius 1 is 1.44 bits per heavy atom. The fourth-order valence-electron chi connectivity index (χ4n) is 3.40. The number of thiophene rings is 2. The number of nitrogen functional groups attached to an aromatic ring is 1. The van der Waals surface area contributed by atoms with Gasteiger partial charge in [-0.2, -0.15) is 11.3 Å². The Hall–Kier alpha value is -1.64. The minimum Gasteiger partial charge on any atom is -0.383 e. The summed E-state index contributed by atoms with van der Waals surface area (Å²) in [6.07, 6.45) is 3.35. The zero-order valence-corrected chi connectivity index (χ0v) is 17.8. The van der Waals surface area contributed by atoms with E-state index in [0.29, 0.717) is 29.2 Å². The first-order chi connectivity index (χ1) is 13.0. The molecule has 0 fully saturated rings. The van der Waals surface area contributed by atoms with E-state index in [-0.39, 0.29) is 5.91 Å². The van der Waals surface area contributed by atoms with Crippen LogP contribution >= 0.6 is 34.4 Å². The van der Waals surface area contributed by atoms with E-state index in [9.17, 15) is 4.79 Å². The van der Waals surface area contributed by atoms with Crippen LogP contribution in [0.1, 0.15) is 29.3 Å². The molecule has 1 atom stereocenters. The number of nitrogens with two attached hydrogens (primary N) is 1. The molecule has 5 nitrogen and oxygen atoms in total. The van der Waals surface area contributed by atoms with Gasteiger partial charge < -0.3 is 10.6 Å². The fourth-order valence-corrected chi connectivity index (χ4v) is 6.30. The van der Waals surface area contributed by atoms with Crippen LogP contribution in [0.15, 0.2) is 22.0 Å². The molecule has 0 aromatic carbocycles. The molecule has 3 aromatic heterocycles. The normalized spacial score (nSPS) is 16.4. The van der Waals surface area contributed by atoms with Gasteiger partial charge in [0.05, 0.1) is 11.1 Å². The molecule has 2 N–H and O–H groups in total. The highest BCUT2D eigenvalue weighted by Gasteiger charge is 2.23. The van der Waals surface area contributed by atoms with Gasteiger partial charge in [0, 0.05) is 18.5 Å². The van der Waals surface area contributed by atoms with Crippen molar-refractivity contribution in [2.24, 2.45) is 5.92 Å². The van der Waals surface area contributed by atoms with Crippen molar-refractivity contribution in [1.29, 1.82) is 0 Å². The first kappa shape index (κ1) is 18.7. The lowest BCUT2D eigenvalue weighted by atomic mass is 9.89. The van der Waals surface area contributed by atoms with Crippen LogP contribution in [0.5, 0.6) is 0 Å². The average molecular weight is 419 g/mol. The smallest absolute Gasteiger partial charge is 0.233 e. The number of aryl methyl sites for hydroxylation is 1. The van der Waals surface area contributed by atoms with Gasteiger partial charge in [0.2, 0.25) is 5.91 Å². The second-order valence-corrected chi connectivity index (χ2v) is 9.90. The summed E-state index contributed by atoms with van der Waals surface area (Å²) < 4.78 is 0. The maximum atomic E-state index is 12.4. The lowest BCUT2D eigenvalue weighted by Gasteiger charge is -2.17. The molecule has 27 heavy (non-hydrogen) atoms. The standard InChI is InChI=1S/C19H22N4OS3/c1-11-3-4-13-14(7-11)27-18-16(13)17(20)21-19(22-18)26-10-15(24)23(2)8-12-5-6-25-9-12/h5-6,9,11H,3-4,7-8,10H2,1-2H3,(H2,20,21,22). The van der Waals surface area contributed by atoms with Gasteiger partial charge in [-0.15, -0.1) is 11.3 Å². The molecule has 0 bridgehead atoms. The van der Waals surface area contributed by atoms with Gasteiger partial charge >= 0.3 is 0 Å². The molecule has 1 amide bonds. The minimum absolute atomic E-state index is 0.0627. The number of anilines is 1. The number of carbonyl (C=O) groups is 1. The third kappa shape index (κ3) is 3.97. The molecule has 3 heterocycles. The topological polar surface area (TPSA) is 72.1 Å². The lowest BCUT2D eigenvalue weighted by molar-refractivity contribution is -0.127. The first-order valence-corrected chi connectivity index (χ1v) is 11.7. The van der Waals surface area contributed by atoms with Gasteiger partial charge in [0.25, 0.3) is 0 Å². The molecule has 0 radical (unpaired) electrons. The second-order valence-electron chi connectivity index (χ2n) is 7.09. The van der Waals surface area contributed by atoms with Gasteiger partial charge in [0.15, 0.2) is 5.16 Å². The van der Waals surface area contributed by atoms with Gasteiger partial charge in [-0.1, -0.05) is 18.7 Å². The van der Waals surface area contributed by atoms with Crippen molar-refractivity contribution in [3.8, 4) is 0 Å². The number of hydrogen-bond acceptors (Lipinski definition) is 7. The second kappa shape index (κ2) is 7.77. The van der Waals surface area contributed by atoms with E-state index in [2.05, 4.69) is 17.3 Å². The summed E-state index contributed by atoms with van der Waals surface area (Å²) in [6.45, 7) is 2.92. The Kier molecular flexibility index (Phi) is 5.39. The maximum absolute atomic E-state index is 12.4. The van der Waals surface area contributed by atoms with E-state index < -0.39 is 0 Å². The van der Waals surface area contributed by atoms with Crippen LogP contribution in [-0.4, -0.2) is 33.6 Å².